The predicted molar refractivity (Wildman–Crippen MR) is 144 cm³/mol. The number of carbonyl (C=O) groups excluding carboxylic acids is 1. The van der Waals surface area contributed by atoms with E-state index in [1.54, 1.807) is 36.4 Å². The summed E-state index contributed by atoms with van der Waals surface area (Å²) in [4.78, 5) is 12.4. The Morgan fingerprint density at radius 2 is 1.74 bits per heavy atom. The lowest BCUT2D eigenvalue weighted by Crippen LogP contribution is -2.16. The van der Waals surface area contributed by atoms with Gasteiger partial charge in [-0.2, -0.15) is 5.10 Å². The van der Waals surface area contributed by atoms with Crippen LogP contribution in [-0.4, -0.2) is 12.1 Å². The molecule has 34 heavy (non-hydrogen) atoms. The molecule has 0 aliphatic carbocycles. The third-order valence-corrected chi connectivity index (χ3v) is 6.74. The van der Waals surface area contributed by atoms with E-state index >= 15 is 0 Å². The summed E-state index contributed by atoms with van der Waals surface area (Å²) < 4.78 is 13.0. The molecule has 4 aromatic rings. The minimum absolute atomic E-state index is 0.117. The van der Waals surface area contributed by atoms with Gasteiger partial charge >= 0.3 is 5.91 Å². The van der Waals surface area contributed by atoms with Gasteiger partial charge in [-0.05, 0) is 64.0 Å². The van der Waals surface area contributed by atoms with Crippen molar-refractivity contribution >= 4 is 101 Å². The van der Waals surface area contributed by atoms with Crippen LogP contribution in [0.1, 0.15) is 21.7 Å². The number of fused-ring (bicyclic) bond motifs is 1. The summed E-state index contributed by atoms with van der Waals surface area (Å²) in [5, 5.41) is 6.28. The Bertz CT molecular complexity index is 1420. The average Bonchev–Trinajstić information content (AvgIpc) is 3.19. The monoisotopic (exact) mass is 662 g/mol. The molecular weight excluding hydrogens is 654 g/mol. The zero-order valence-corrected chi connectivity index (χ0v) is 23.0. The normalized spacial score (nSPS) is 11.4. The third-order valence-electron chi connectivity index (χ3n) is 4.55. The molecule has 0 fully saturated rings. The number of halogens is 6. The van der Waals surface area contributed by atoms with Gasteiger partial charge in [0.15, 0.2) is 11.5 Å². The van der Waals surface area contributed by atoms with Gasteiger partial charge in [0, 0.05) is 25.5 Å². The average molecular weight is 666 g/mol. The highest BCUT2D eigenvalue weighted by molar-refractivity contribution is 9.11. The number of benzene rings is 3. The SMILES string of the molecule is O=C(N/N=C\c1cc(Cl)c(OCc2ccc(Cl)cc2Cl)c(Cl)c1)c1cc2cc(Br)cc(Br)c2o1. The van der Waals surface area contributed by atoms with Crippen LogP contribution in [0.2, 0.25) is 20.1 Å². The maximum absolute atomic E-state index is 12.4. The quantitative estimate of drug-likeness (QED) is 0.165. The molecule has 0 aliphatic rings. The Balaban J connectivity index is 1.43. The molecule has 0 saturated heterocycles. The Morgan fingerprint density at radius 3 is 2.44 bits per heavy atom. The first-order valence-corrected chi connectivity index (χ1v) is 12.6. The molecule has 1 N–H and O–H groups in total. The first-order chi connectivity index (χ1) is 16.2. The van der Waals surface area contributed by atoms with Crippen LogP contribution in [0, 0.1) is 0 Å². The number of hydrogen-bond acceptors (Lipinski definition) is 4. The van der Waals surface area contributed by atoms with Gasteiger partial charge in [-0.15, -0.1) is 0 Å². The van der Waals surface area contributed by atoms with E-state index in [0.717, 1.165) is 19.9 Å². The minimum atomic E-state index is -0.507. The maximum atomic E-state index is 12.4. The maximum Gasteiger partial charge on any atom is 0.307 e. The zero-order chi connectivity index (χ0) is 24.4. The largest absolute Gasteiger partial charge is 0.486 e. The standard InChI is InChI=1S/C23H12Br2Cl4N2O3/c24-14-5-13-6-20(34-21(13)16(25)7-14)23(32)31-30-9-11-3-18(28)22(19(29)4-11)33-10-12-1-2-15(26)8-17(12)27/h1-9H,10H2,(H,31,32)/b30-9-. The summed E-state index contributed by atoms with van der Waals surface area (Å²) in [6, 6.07) is 13.6. The van der Waals surface area contributed by atoms with Crippen LogP contribution in [0.15, 0.2) is 67.0 Å². The van der Waals surface area contributed by atoms with Crippen LogP contribution in [0.25, 0.3) is 11.0 Å². The lowest BCUT2D eigenvalue weighted by molar-refractivity contribution is 0.0929. The molecule has 0 saturated carbocycles. The molecule has 1 heterocycles. The molecule has 3 aromatic carbocycles. The van der Waals surface area contributed by atoms with Gasteiger partial charge in [0.1, 0.15) is 12.2 Å². The Kier molecular flexibility index (Phi) is 8.12. The van der Waals surface area contributed by atoms with E-state index in [-0.39, 0.29) is 22.4 Å². The van der Waals surface area contributed by atoms with Gasteiger partial charge in [-0.1, -0.05) is 68.4 Å². The van der Waals surface area contributed by atoms with Crippen LogP contribution >= 0.6 is 78.3 Å². The van der Waals surface area contributed by atoms with Crippen molar-refractivity contribution in [3.8, 4) is 5.75 Å². The van der Waals surface area contributed by atoms with E-state index in [1.807, 2.05) is 12.1 Å². The second-order valence-corrected chi connectivity index (χ2v) is 10.4. The Labute approximate surface area is 231 Å². The number of carbonyl (C=O) groups is 1. The summed E-state index contributed by atoms with van der Waals surface area (Å²) in [7, 11) is 0. The van der Waals surface area contributed by atoms with Crippen LogP contribution < -0.4 is 10.2 Å². The van der Waals surface area contributed by atoms with Crippen molar-refractivity contribution in [3.05, 3.63) is 94.5 Å². The van der Waals surface area contributed by atoms with Crippen molar-refractivity contribution in [1.29, 1.82) is 0 Å². The molecule has 0 atom stereocenters. The number of nitrogens with one attached hydrogen (secondary N) is 1. The summed E-state index contributed by atoms with van der Waals surface area (Å²) in [6.45, 7) is 0.156. The summed E-state index contributed by atoms with van der Waals surface area (Å²) >= 11 is 31.6. The zero-order valence-electron chi connectivity index (χ0n) is 16.8. The highest BCUT2D eigenvalue weighted by Crippen LogP contribution is 2.35. The fourth-order valence-electron chi connectivity index (χ4n) is 2.99. The number of hydrogen-bond donors (Lipinski definition) is 1. The molecule has 1 aromatic heterocycles. The van der Waals surface area contributed by atoms with Crippen LogP contribution in [0.3, 0.4) is 0 Å². The highest BCUT2D eigenvalue weighted by atomic mass is 79.9. The molecule has 11 heteroatoms. The summed E-state index contributed by atoms with van der Waals surface area (Å²) in [5.41, 5.74) is 4.27. The first-order valence-electron chi connectivity index (χ1n) is 9.49. The fraction of sp³-hybridized carbons (Fsp3) is 0.0435. The van der Waals surface area contributed by atoms with Gasteiger partial charge in [0.25, 0.3) is 0 Å². The van der Waals surface area contributed by atoms with Gasteiger partial charge < -0.3 is 9.15 Å². The number of amides is 1. The van der Waals surface area contributed by atoms with Crippen LogP contribution in [-0.2, 0) is 6.61 Å². The number of rotatable bonds is 6. The van der Waals surface area contributed by atoms with Crippen molar-refractivity contribution in [2.45, 2.75) is 6.61 Å². The van der Waals surface area contributed by atoms with E-state index in [1.165, 1.54) is 6.21 Å². The number of furan rings is 1. The molecule has 0 aliphatic heterocycles. The van der Waals surface area contributed by atoms with Gasteiger partial charge in [-0.3, -0.25) is 4.79 Å². The molecule has 4 rings (SSSR count). The molecule has 0 unspecified atom stereocenters. The Morgan fingerprint density at radius 1 is 1.00 bits per heavy atom. The van der Waals surface area contributed by atoms with E-state index in [2.05, 4.69) is 42.4 Å². The first kappa shape index (κ1) is 25.4. The predicted octanol–water partition coefficient (Wildman–Crippen LogP) is 8.91. The second kappa shape index (κ2) is 10.9. The van der Waals surface area contributed by atoms with Crippen molar-refractivity contribution < 1.29 is 13.9 Å². The number of ether oxygens (including phenoxy) is 1. The van der Waals surface area contributed by atoms with E-state index in [4.69, 9.17) is 55.6 Å². The van der Waals surface area contributed by atoms with Crippen molar-refractivity contribution in [3.63, 3.8) is 0 Å². The van der Waals surface area contributed by atoms with E-state index in [0.29, 0.717) is 26.9 Å². The lowest BCUT2D eigenvalue weighted by Gasteiger charge is -2.12. The van der Waals surface area contributed by atoms with Gasteiger partial charge in [0.2, 0.25) is 0 Å². The topological polar surface area (TPSA) is 63.8 Å². The summed E-state index contributed by atoms with van der Waals surface area (Å²) in [6.07, 6.45) is 1.41. The summed E-state index contributed by atoms with van der Waals surface area (Å²) in [5.74, 6) is -0.0892. The molecule has 0 bridgehead atoms. The van der Waals surface area contributed by atoms with E-state index in [9.17, 15) is 4.79 Å². The minimum Gasteiger partial charge on any atom is -0.486 e. The fourth-order valence-corrected chi connectivity index (χ4v) is 5.40. The van der Waals surface area contributed by atoms with Crippen LogP contribution in [0.4, 0.5) is 0 Å². The van der Waals surface area contributed by atoms with Crippen molar-refractivity contribution in [2.75, 3.05) is 0 Å². The lowest BCUT2D eigenvalue weighted by atomic mass is 10.2. The molecule has 174 valence electrons. The highest BCUT2D eigenvalue weighted by Gasteiger charge is 2.15. The number of nitrogens with zero attached hydrogens (tertiary/aromatic N) is 1. The molecule has 0 radical (unpaired) electrons. The van der Waals surface area contributed by atoms with E-state index < -0.39 is 5.91 Å². The second-order valence-electron chi connectivity index (χ2n) is 6.95. The van der Waals surface area contributed by atoms with Crippen molar-refractivity contribution in [2.24, 2.45) is 5.10 Å². The van der Waals surface area contributed by atoms with Crippen molar-refractivity contribution in [1.82, 2.24) is 5.43 Å². The Hall–Kier alpha value is -1.74. The molecule has 1 amide bonds. The van der Waals surface area contributed by atoms with Crippen LogP contribution in [0.5, 0.6) is 5.75 Å². The van der Waals surface area contributed by atoms with Gasteiger partial charge in [0.05, 0.1) is 20.7 Å². The van der Waals surface area contributed by atoms with Gasteiger partial charge in [-0.25, -0.2) is 5.43 Å². The molecular formula is C23H12Br2Cl4N2O3. The smallest absolute Gasteiger partial charge is 0.307 e. The number of hydrazone groups is 1. The molecule has 5 nitrogen and oxygen atoms in total. The third kappa shape index (κ3) is 5.90. The molecule has 0 spiro atoms.